The SMILES string of the molecule is CN=CC(=C(C)N)c1cc2c(cn1)CN(c1c(F)c(OC)cc(OC)c1F)C(C)(O)N2Cc1csc(C)n1. The van der Waals surface area contributed by atoms with Crippen LogP contribution in [0.4, 0.5) is 20.2 Å². The lowest BCUT2D eigenvalue weighted by molar-refractivity contribution is 0.0414. The van der Waals surface area contributed by atoms with Gasteiger partial charge < -0.3 is 30.1 Å². The van der Waals surface area contributed by atoms with Gasteiger partial charge in [0, 0.05) is 60.4 Å². The fourth-order valence-corrected chi connectivity index (χ4v) is 5.07. The molecule has 2 aromatic heterocycles. The molecule has 0 amide bonds. The van der Waals surface area contributed by atoms with Crippen molar-refractivity contribution in [3.8, 4) is 11.5 Å². The standard InChI is InChI=1S/C26H30F2N6O3S/c1-14(29)18(10-30-4)19-7-20-16(9-31-19)11-34(25-23(27)21(36-5)8-22(37-6)24(25)28)26(3,35)33(20)12-17-13-38-15(2)32-17/h7-10,13,35H,11-12,29H2,1-6H3. The normalized spacial score (nSPS) is 18.0. The molecular weight excluding hydrogens is 514 g/mol. The number of aryl methyl sites for hydroxylation is 1. The van der Waals surface area contributed by atoms with Crippen molar-refractivity contribution in [2.24, 2.45) is 10.7 Å². The molecule has 1 aromatic carbocycles. The second kappa shape index (κ2) is 10.5. The number of hydrogen-bond acceptors (Lipinski definition) is 10. The van der Waals surface area contributed by atoms with E-state index >= 15 is 8.78 Å². The molecule has 3 aromatic rings. The summed E-state index contributed by atoms with van der Waals surface area (Å²) in [5.74, 6) is -4.29. The highest BCUT2D eigenvalue weighted by Crippen LogP contribution is 2.45. The molecule has 0 saturated carbocycles. The van der Waals surface area contributed by atoms with E-state index in [1.807, 2.05) is 12.3 Å². The number of aliphatic hydroxyl groups is 1. The third-order valence-corrected chi connectivity index (χ3v) is 7.19. The van der Waals surface area contributed by atoms with Gasteiger partial charge in [-0.15, -0.1) is 11.3 Å². The van der Waals surface area contributed by atoms with Crippen molar-refractivity contribution in [2.45, 2.75) is 39.7 Å². The first kappa shape index (κ1) is 27.3. The highest BCUT2D eigenvalue weighted by molar-refractivity contribution is 7.09. The van der Waals surface area contributed by atoms with Gasteiger partial charge in [0.05, 0.1) is 43.7 Å². The van der Waals surface area contributed by atoms with Gasteiger partial charge in [-0.05, 0) is 19.9 Å². The van der Waals surface area contributed by atoms with Crippen LogP contribution in [0.15, 0.2) is 34.4 Å². The van der Waals surface area contributed by atoms with Crippen LogP contribution in [-0.4, -0.2) is 48.4 Å². The maximum Gasteiger partial charge on any atom is 0.216 e. The molecule has 0 radical (unpaired) electrons. The molecule has 1 aliphatic rings. The number of pyridine rings is 1. The van der Waals surface area contributed by atoms with Crippen LogP contribution in [0.1, 0.15) is 35.8 Å². The highest BCUT2D eigenvalue weighted by atomic mass is 32.1. The predicted molar refractivity (Wildman–Crippen MR) is 145 cm³/mol. The molecule has 4 rings (SSSR count). The molecule has 1 aliphatic heterocycles. The van der Waals surface area contributed by atoms with E-state index in [-0.39, 0.29) is 24.6 Å². The van der Waals surface area contributed by atoms with Crippen LogP contribution in [0.5, 0.6) is 11.5 Å². The van der Waals surface area contributed by atoms with E-state index in [1.165, 1.54) is 37.4 Å². The van der Waals surface area contributed by atoms with E-state index in [4.69, 9.17) is 15.2 Å². The molecule has 0 aliphatic carbocycles. The minimum Gasteiger partial charge on any atom is -0.493 e. The molecule has 3 heterocycles. The number of halogens is 2. The van der Waals surface area contributed by atoms with Crippen molar-refractivity contribution in [3.05, 3.63) is 63.0 Å². The molecule has 12 heteroatoms. The quantitative estimate of drug-likeness (QED) is 0.426. The minimum absolute atomic E-state index is 0.0606. The average Bonchev–Trinajstić information content (AvgIpc) is 3.29. The minimum atomic E-state index is -1.91. The Balaban J connectivity index is 1.95. The predicted octanol–water partition coefficient (Wildman–Crippen LogP) is 4.23. The lowest BCUT2D eigenvalue weighted by atomic mass is 10.0. The van der Waals surface area contributed by atoms with Gasteiger partial charge >= 0.3 is 0 Å². The van der Waals surface area contributed by atoms with E-state index in [0.717, 1.165) is 11.1 Å². The third kappa shape index (κ3) is 4.76. The summed E-state index contributed by atoms with van der Waals surface area (Å²) in [6.07, 6.45) is 3.21. The molecule has 1 atom stereocenters. The Morgan fingerprint density at radius 1 is 1.26 bits per heavy atom. The van der Waals surface area contributed by atoms with Crippen molar-refractivity contribution in [2.75, 3.05) is 31.1 Å². The molecule has 3 N–H and O–H groups in total. The van der Waals surface area contributed by atoms with Gasteiger partial charge in [0.2, 0.25) is 5.85 Å². The number of rotatable bonds is 7. The first-order chi connectivity index (χ1) is 18.0. The number of benzene rings is 1. The Morgan fingerprint density at radius 3 is 2.45 bits per heavy atom. The summed E-state index contributed by atoms with van der Waals surface area (Å²) in [7, 11) is 4.18. The van der Waals surface area contributed by atoms with Gasteiger partial charge in [-0.3, -0.25) is 9.98 Å². The zero-order valence-corrected chi connectivity index (χ0v) is 22.9. The Morgan fingerprint density at radius 2 is 1.92 bits per heavy atom. The summed E-state index contributed by atoms with van der Waals surface area (Å²) in [4.78, 5) is 16.0. The summed E-state index contributed by atoms with van der Waals surface area (Å²) >= 11 is 1.47. The smallest absolute Gasteiger partial charge is 0.216 e. The summed E-state index contributed by atoms with van der Waals surface area (Å²) in [6.45, 7) is 5.18. The van der Waals surface area contributed by atoms with Crippen molar-refractivity contribution in [1.29, 1.82) is 0 Å². The molecule has 0 bridgehead atoms. The molecule has 0 fully saturated rings. The number of ether oxygens (including phenoxy) is 2. The lowest BCUT2D eigenvalue weighted by Gasteiger charge is -2.51. The van der Waals surface area contributed by atoms with Crippen LogP contribution in [0.25, 0.3) is 5.57 Å². The average molecular weight is 545 g/mol. The number of aliphatic imine (C=N–C) groups is 1. The number of nitrogens with zero attached hydrogens (tertiary/aromatic N) is 5. The fourth-order valence-electron chi connectivity index (χ4n) is 4.46. The number of aromatic nitrogens is 2. The van der Waals surface area contributed by atoms with Gasteiger partial charge in [0.25, 0.3) is 0 Å². The first-order valence-corrected chi connectivity index (χ1v) is 12.6. The van der Waals surface area contributed by atoms with Crippen LogP contribution in [-0.2, 0) is 13.1 Å². The van der Waals surface area contributed by atoms with E-state index < -0.39 is 23.2 Å². The van der Waals surface area contributed by atoms with E-state index in [9.17, 15) is 5.11 Å². The van der Waals surface area contributed by atoms with E-state index in [1.54, 1.807) is 37.3 Å². The zero-order chi connectivity index (χ0) is 27.8. The second-order valence-corrected chi connectivity index (χ2v) is 10.0. The van der Waals surface area contributed by atoms with Crippen molar-refractivity contribution in [1.82, 2.24) is 9.97 Å². The number of methoxy groups -OCH3 is 2. The van der Waals surface area contributed by atoms with Gasteiger partial charge in [-0.25, -0.2) is 13.8 Å². The maximum atomic E-state index is 15.6. The van der Waals surface area contributed by atoms with Crippen molar-refractivity contribution >= 4 is 34.5 Å². The number of anilines is 2. The van der Waals surface area contributed by atoms with E-state index in [2.05, 4.69) is 15.0 Å². The molecule has 202 valence electrons. The zero-order valence-electron chi connectivity index (χ0n) is 22.0. The molecule has 9 nitrogen and oxygen atoms in total. The summed E-state index contributed by atoms with van der Waals surface area (Å²) in [5, 5.41) is 14.7. The van der Waals surface area contributed by atoms with Crippen LogP contribution < -0.4 is 25.0 Å². The Bertz CT molecular complexity index is 1390. The highest BCUT2D eigenvalue weighted by Gasteiger charge is 2.45. The summed E-state index contributed by atoms with van der Waals surface area (Å²) in [5.41, 5.74) is 9.20. The van der Waals surface area contributed by atoms with Crippen LogP contribution in [0.2, 0.25) is 0 Å². The van der Waals surface area contributed by atoms with Gasteiger partial charge in [-0.1, -0.05) is 0 Å². The topological polar surface area (TPSA) is 109 Å². The monoisotopic (exact) mass is 544 g/mol. The first-order valence-electron chi connectivity index (χ1n) is 11.7. The van der Waals surface area contributed by atoms with Crippen LogP contribution >= 0.6 is 11.3 Å². The van der Waals surface area contributed by atoms with Crippen molar-refractivity contribution in [3.63, 3.8) is 0 Å². The second-order valence-electron chi connectivity index (χ2n) is 8.94. The fraction of sp³-hybridized carbons (Fsp3) is 0.346. The lowest BCUT2D eigenvalue weighted by Crippen LogP contribution is -2.62. The van der Waals surface area contributed by atoms with Gasteiger partial charge in [0.1, 0.15) is 5.69 Å². The van der Waals surface area contributed by atoms with Crippen LogP contribution in [0, 0.1) is 18.6 Å². The Labute approximate surface area is 223 Å². The van der Waals surface area contributed by atoms with Gasteiger partial charge in [-0.2, -0.15) is 0 Å². The number of fused-ring (bicyclic) bond motifs is 1. The maximum absolute atomic E-state index is 15.6. The number of hydrogen-bond donors (Lipinski definition) is 2. The van der Waals surface area contributed by atoms with Crippen molar-refractivity contribution < 1.29 is 23.4 Å². The van der Waals surface area contributed by atoms with Gasteiger partial charge in [0.15, 0.2) is 23.1 Å². The third-order valence-electron chi connectivity index (χ3n) is 6.37. The van der Waals surface area contributed by atoms with Crippen LogP contribution in [0.3, 0.4) is 0 Å². The number of allylic oxidation sites excluding steroid dienone is 2. The molecule has 0 spiro atoms. The van der Waals surface area contributed by atoms with E-state index in [0.29, 0.717) is 33.9 Å². The number of nitrogens with two attached hydrogens (primary N) is 1. The molecule has 1 unspecified atom stereocenters. The number of thiazole rings is 1. The largest absolute Gasteiger partial charge is 0.493 e. The summed E-state index contributed by atoms with van der Waals surface area (Å²) < 4.78 is 41.5. The molecular formula is C26H30F2N6O3S. The molecule has 38 heavy (non-hydrogen) atoms. The Hall–Kier alpha value is -3.77. The Kier molecular flexibility index (Phi) is 7.56. The molecule has 0 saturated heterocycles. The summed E-state index contributed by atoms with van der Waals surface area (Å²) in [6, 6.07) is 2.91.